The molecule has 1 aliphatic heterocycles. The highest BCUT2D eigenvalue weighted by Crippen LogP contribution is 2.31. The van der Waals surface area contributed by atoms with Gasteiger partial charge in [0.2, 0.25) is 0 Å². The van der Waals surface area contributed by atoms with Gasteiger partial charge in [-0.1, -0.05) is 37.3 Å². The summed E-state index contributed by atoms with van der Waals surface area (Å²) in [7, 11) is 0. The van der Waals surface area contributed by atoms with Crippen molar-refractivity contribution in [1.82, 2.24) is 15.1 Å². The summed E-state index contributed by atoms with van der Waals surface area (Å²) in [6.07, 6.45) is 3.13. The van der Waals surface area contributed by atoms with Gasteiger partial charge in [0.15, 0.2) is 0 Å². The van der Waals surface area contributed by atoms with E-state index < -0.39 is 0 Å². The Hall–Kier alpha value is -1.36. The van der Waals surface area contributed by atoms with Crippen molar-refractivity contribution in [3.8, 4) is 11.3 Å². The number of nitrogens with two attached hydrogens (primary N) is 1. The Bertz CT molecular complexity index is 569. The van der Waals surface area contributed by atoms with Crippen molar-refractivity contribution in [1.29, 1.82) is 0 Å². The third-order valence-electron chi connectivity index (χ3n) is 4.30. The second-order valence-corrected chi connectivity index (χ2v) is 6.11. The van der Waals surface area contributed by atoms with Gasteiger partial charge in [-0.05, 0) is 30.5 Å². The lowest BCUT2D eigenvalue weighted by Crippen LogP contribution is -2.31. The Morgan fingerprint density at radius 2 is 2.10 bits per heavy atom. The third-order valence-corrected chi connectivity index (χ3v) is 4.30. The Morgan fingerprint density at radius 3 is 2.76 bits per heavy atom. The molecule has 1 atom stereocenters. The molecule has 0 saturated carbocycles. The van der Waals surface area contributed by atoms with Crippen molar-refractivity contribution in [3.63, 3.8) is 0 Å². The van der Waals surface area contributed by atoms with E-state index in [9.17, 15) is 0 Å². The van der Waals surface area contributed by atoms with E-state index in [0.717, 1.165) is 31.9 Å². The highest BCUT2D eigenvalue weighted by Gasteiger charge is 2.32. The van der Waals surface area contributed by atoms with Crippen molar-refractivity contribution in [2.75, 3.05) is 19.6 Å². The molecule has 5 heteroatoms. The van der Waals surface area contributed by atoms with E-state index in [1.165, 1.54) is 17.5 Å². The first kappa shape index (κ1) is 16.0. The molecule has 2 heterocycles. The molecule has 1 aromatic carbocycles. The van der Waals surface area contributed by atoms with E-state index in [1.807, 2.05) is 12.3 Å². The third kappa shape index (κ3) is 3.46. The van der Waals surface area contributed by atoms with E-state index in [2.05, 4.69) is 46.3 Å². The summed E-state index contributed by atoms with van der Waals surface area (Å²) >= 11 is 0. The molecule has 21 heavy (non-hydrogen) atoms. The number of aromatic nitrogens is 2. The molecule has 1 fully saturated rings. The van der Waals surface area contributed by atoms with Gasteiger partial charge < -0.3 is 5.73 Å². The molecule has 0 amide bonds. The van der Waals surface area contributed by atoms with Crippen LogP contribution < -0.4 is 5.73 Å². The van der Waals surface area contributed by atoms with Gasteiger partial charge in [-0.25, -0.2) is 0 Å². The number of benzene rings is 1. The summed E-state index contributed by atoms with van der Waals surface area (Å²) in [6, 6.07) is 10.4. The second kappa shape index (κ2) is 6.60. The smallest absolute Gasteiger partial charge is 0.0695 e. The number of rotatable bonds is 4. The van der Waals surface area contributed by atoms with Crippen molar-refractivity contribution in [3.05, 3.63) is 42.1 Å². The van der Waals surface area contributed by atoms with Gasteiger partial charge in [0, 0.05) is 18.7 Å². The Morgan fingerprint density at radius 1 is 1.33 bits per heavy atom. The molecule has 0 aliphatic carbocycles. The first-order valence-corrected chi connectivity index (χ1v) is 7.20. The Balaban J connectivity index is 0.00000161. The number of halogens is 1. The molecule has 2 aromatic rings. The van der Waals surface area contributed by atoms with Crippen LogP contribution in [-0.4, -0.2) is 34.7 Å². The van der Waals surface area contributed by atoms with Crippen molar-refractivity contribution < 1.29 is 0 Å². The number of hydrogen-bond acceptors (Lipinski definition) is 3. The fourth-order valence-electron chi connectivity index (χ4n) is 2.95. The van der Waals surface area contributed by atoms with E-state index >= 15 is 0 Å². The number of H-pyrrole nitrogens is 1. The molecule has 1 saturated heterocycles. The van der Waals surface area contributed by atoms with Crippen molar-refractivity contribution in [2.24, 2.45) is 11.1 Å². The predicted molar refractivity (Wildman–Crippen MR) is 88.3 cm³/mol. The maximum atomic E-state index is 5.88. The molecular formula is C16H23ClN4. The van der Waals surface area contributed by atoms with E-state index in [0.29, 0.717) is 0 Å². The number of aromatic amines is 1. The zero-order valence-electron chi connectivity index (χ0n) is 12.4. The minimum absolute atomic E-state index is 0. The lowest BCUT2D eigenvalue weighted by Gasteiger charge is -2.22. The summed E-state index contributed by atoms with van der Waals surface area (Å²) in [4.78, 5) is 2.48. The quantitative estimate of drug-likeness (QED) is 0.913. The van der Waals surface area contributed by atoms with Crippen LogP contribution in [0.2, 0.25) is 0 Å². The van der Waals surface area contributed by atoms with E-state index in [-0.39, 0.29) is 17.8 Å². The van der Waals surface area contributed by atoms with Crippen LogP contribution >= 0.6 is 12.4 Å². The van der Waals surface area contributed by atoms with Crippen LogP contribution in [-0.2, 0) is 6.54 Å². The largest absolute Gasteiger partial charge is 0.330 e. The molecular weight excluding hydrogens is 284 g/mol. The number of nitrogens with one attached hydrogen (secondary N) is 1. The van der Waals surface area contributed by atoms with Crippen molar-refractivity contribution in [2.45, 2.75) is 19.9 Å². The molecule has 0 spiro atoms. The molecule has 1 unspecified atom stereocenters. The summed E-state index contributed by atoms with van der Waals surface area (Å²) in [5.74, 6) is 0. The van der Waals surface area contributed by atoms with E-state index in [1.54, 1.807) is 0 Å². The lowest BCUT2D eigenvalue weighted by molar-refractivity contribution is 0.275. The fourth-order valence-corrected chi connectivity index (χ4v) is 2.95. The lowest BCUT2D eigenvalue weighted by atomic mass is 9.90. The zero-order valence-corrected chi connectivity index (χ0v) is 13.2. The molecule has 3 rings (SSSR count). The standard InChI is InChI=1S/C16H22N4.ClH/c1-16(11-17)7-8-20(12-16)10-14-9-18-19-15(14)13-5-3-2-4-6-13;/h2-6,9H,7-8,10-12,17H2,1H3,(H,18,19);1H. The molecule has 0 bridgehead atoms. The Kier molecular flexibility index (Phi) is 5.04. The highest BCUT2D eigenvalue weighted by atomic mass is 35.5. The molecule has 0 radical (unpaired) electrons. The monoisotopic (exact) mass is 306 g/mol. The van der Waals surface area contributed by atoms with Gasteiger partial charge in [-0.2, -0.15) is 5.10 Å². The van der Waals surface area contributed by atoms with Gasteiger partial charge in [-0.15, -0.1) is 12.4 Å². The van der Waals surface area contributed by atoms with Crippen LogP contribution in [0.15, 0.2) is 36.5 Å². The average Bonchev–Trinajstić information content (AvgIpc) is 3.08. The van der Waals surface area contributed by atoms with Gasteiger partial charge in [0.25, 0.3) is 0 Å². The van der Waals surface area contributed by atoms with Crippen LogP contribution in [0.25, 0.3) is 11.3 Å². The molecule has 1 aromatic heterocycles. The van der Waals surface area contributed by atoms with Gasteiger partial charge in [0.05, 0.1) is 11.9 Å². The second-order valence-electron chi connectivity index (χ2n) is 6.11. The topological polar surface area (TPSA) is 57.9 Å². The summed E-state index contributed by atoms with van der Waals surface area (Å²) in [5, 5.41) is 7.35. The summed E-state index contributed by atoms with van der Waals surface area (Å²) in [5.41, 5.74) is 9.74. The van der Waals surface area contributed by atoms with Crippen LogP contribution in [0, 0.1) is 5.41 Å². The number of likely N-dealkylation sites (tertiary alicyclic amines) is 1. The zero-order chi connectivity index (χ0) is 14.0. The molecule has 4 nitrogen and oxygen atoms in total. The van der Waals surface area contributed by atoms with Crippen LogP contribution in [0.1, 0.15) is 18.9 Å². The van der Waals surface area contributed by atoms with Crippen LogP contribution in [0.5, 0.6) is 0 Å². The van der Waals surface area contributed by atoms with Gasteiger partial charge in [0.1, 0.15) is 0 Å². The molecule has 3 N–H and O–H groups in total. The maximum Gasteiger partial charge on any atom is 0.0695 e. The first-order chi connectivity index (χ1) is 9.70. The van der Waals surface area contributed by atoms with Crippen LogP contribution in [0.3, 0.4) is 0 Å². The van der Waals surface area contributed by atoms with Gasteiger partial charge in [-0.3, -0.25) is 10.00 Å². The summed E-state index contributed by atoms with van der Waals surface area (Å²) < 4.78 is 0. The Labute approximate surface area is 132 Å². The predicted octanol–water partition coefficient (Wildman–Crippen LogP) is 2.67. The number of hydrogen-bond donors (Lipinski definition) is 2. The normalized spacial score (nSPS) is 22.2. The number of nitrogens with zero attached hydrogens (tertiary/aromatic N) is 2. The van der Waals surface area contributed by atoms with Gasteiger partial charge >= 0.3 is 0 Å². The maximum absolute atomic E-state index is 5.88. The average molecular weight is 307 g/mol. The minimum Gasteiger partial charge on any atom is -0.330 e. The SMILES string of the molecule is CC1(CN)CCN(Cc2cn[nH]c2-c2ccccc2)C1.Cl. The summed E-state index contributed by atoms with van der Waals surface area (Å²) in [6.45, 7) is 6.17. The van der Waals surface area contributed by atoms with Crippen molar-refractivity contribution >= 4 is 12.4 Å². The minimum atomic E-state index is 0. The first-order valence-electron chi connectivity index (χ1n) is 7.20. The molecule has 114 valence electrons. The fraction of sp³-hybridized carbons (Fsp3) is 0.438. The molecule has 1 aliphatic rings. The van der Waals surface area contributed by atoms with Crippen LogP contribution in [0.4, 0.5) is 0 Å². The highest BCUT2D eigenvalue weighted by molar-refractivity contribution is 5.85. The van der Waals surface area contributed by atoms with E-state index in [4.69, 9.17) is 5.73 Å².